The Morgan fingerprint density at radius 3 is 2.40 bits per heavy atom. The van der Waals surface area contributed by atoms with Gasteiger partial charge in [-0.2, -0.15) is 0 Å². The largest absolute Gasteiger partial charge is 0.431 e. The molecular formula is C11H12N2OS. The van der Waals surface area contributed by atoms with Crippen LogP contribution in [0.15, 0.2) is 24.4 Å². The third-order valence-corrected chi connectivity index (χ3v) is 2.61. The predicted octanol–water partition coefficient (Wildman–Crippen LogP) is 3.13. The van der Waals surface area contributed by atoms with Crippen LogP contribution in [-0.4, -0.2) is 4.98 Å². The first-order valence-electron chi connectivity index (χ1n) is 4.61. The number of benzene rings is 1. The first kappa shape index (κ1) is 9.98. The topological polar surface area (TPSA) is 48.1 Å². The second-order valence-electron chi connectivity index (χ2n) is 3.45. The van der Waals surface area contributed by atoms with Crippen molar-refractivity contribution in [1.29, 1.82) is 0 Å². The van der Waals surface area contributed by atoms with Crippen LogP contribution in [0.1, 0.15) is 11.1 Å². The normalized spacial score (nSPS) is 10.3. The maximum absolute atomic E-state index is 5.59. The molecular weight excluding hydrogens is 208 g/mol. The molecule has 0 aliphatic rings. The molecule has 0 saturated heterocycles. The van der Waals surface area contributed by atoms with Crippen molar-refractivity contribution in [3.63, 3.8) is 0 Å². The average molecular weight is 220 g/mol. The van der Waals surface area contributed by atoms with E-state index in [1.54, 1.807) is 6.20 Å². The first-order chi connectivity index (χ1) is 7.13. The SMILES string of the molecule is Cc1cc(C)cc(Oc2ncc(N)s2)c1. The van der Waals surface area contributed by atoms with Crippen LogP contribution >= 0.6 is 11.3 Å². The summed E-state index contributed by atoms with van der Waals surface area (Å²) in [5, 5.41) is 1.24. The fourth-order valence-corrected chi connectivity index (χ4v) is 1.96. The van der Waals surface area contributed by atoms with E-state index in [4.69, 9.17) is 10.5 Å². The molecule has 78 valence electrons. The van der Waals surface area contributed by atoms with Gasteiger partial charge in [-0.3, -0.25) is 0 Å². The summed E-state index contributed by atoms with van der Waals surface area (Å²) >= 11 is 1.34. The van der Waals surface area contributed by atoms with Crippen LogP contribution in [0, 0.1) is 13.8 Å². The number of nitrogens with two attached hydrogens (primary N) is 1. The van der Waals surface area contributed by atoms with Gasteiger partial charge in [-0.15, -0.1) is 0 Å². The van der Waals surface area contributed by atoms with Gasteiger partial charge in [-0.25, -0.2) is 4.98 Å². The number of hydrogen-bond acceptors (Lipinski definition) is 4. The maximum atomic E-state index is 5.59. The molecule has 0 amide bonds. The fraction of sp³-hybridized carbons (Fsp3) is 0.182. The van der Waals surface area contributed by atoms with E-state index in [0.29, 0.717) is 10.2 Å². The van der Waals surface area contributed by atoms with E-state index in [-0.39, 0.29) is 0 Å². The quantitative estimate of drug-likeness (QED) is 0.845. The molecule has 0 aliphatic heterocycles. The highest BCUT2D eigenvalue weighted by Crippen LogP contribution is 2.28. The minimum absolute atomic E-state index is 0.581. The Morgan fingerprint density at radius 1 is 1.20 bits per heavy atom. The third-order valence-electron chi connectivity index (χ3n) is 1.90. The lowest BCUT2D eigenvalue weighted by atomic mass is 10.1. The smallest absolute Gasteiger partial charge is 0.280 e. The van der Waals surface area contributed by atoms with Gasteiger partial charge >= 0.3 is 0 Å². The number of rotatable bonds is 2. The molecule has 1 aromatic carbocycles. The molecule has 0 atom stereocenters. The Hall–Kier alpha value is -1.55. The van der Waals surface area contributed by atoms with E-state index >= 15 is 0 Å². The van der Waals surface area contributed by atoms with Crippen molar-refractivity contribution in [1.82, 2.24) is 4.98 Å². The molecule has 2 aromatic rings. The summed E-state index contributed by atoms with van der Waals surface area (Å²) < 4.78 is 5.59. The molecule has 2 rings (SSSR count). The second kappa shape index (κ2) is 3.90. The summed E-state index contributed by atoms with van der Waals surface area (Å²) in [6, 6.07) is 6.05. The molecule has 1 aromatic heterocycles. The summed E-state index contributed by atoms with van der Waals surface area (Å²) in [6.45, 7) is 4.08. The van der Waals surface area contributed by atoms with Gasteiger partial charge in [-0.1, -0.05) is 17.4 Å². The van der Waals surface area contributed by atoms with Crippen molar-refractivity contribution >= 4 is 16.3 Å². The van der Waals surface area contributed by atoms with Gasteiger partial charge < -0.3 is 10.5 Å². The molecule has 15 heavy (non-hydrogen) atoms. The van der Waals surface area contributed by atoms with Crippen molar-refractivity contribution in [2.45, 2.75) is 13.8 Å². The monoisotopic (exact) mass is 220 g/mol. The summed E-state index contributed by atoms with van der Waals surface area (Å²) in [6.07, 6.45) is 1.60. The first-order valence-corrected chi connectivity index (χ1v) is 5.42. The van der Waals surface area contributed by atoms with Crippen molar-refractivity contribution in [3.8, 4) is 10.9 Å². The highest BCUT2D eigenvalue weighted by molar-refractivity contribution is 7.17. The molecule has 0 bridgehead atoms. The second-order valence-corrected chi connectivity index (χ2v) is 4.48. The zero-order valence-electron chi connectivity index (χ0n) is 8.65. The number of nitrogen functional groups attached to an aromatic ring is 1. The van der Waals surface area contributed by atoms with Crippen LogP contribution in [0.2, 0.25) is 0 Å². The zero-order chi connectivity index (χ0) is 10.8. The van der Waals surface area contributed by atoms with Crippen LogP contribution in [-0.2, 0) is 0 Å². The van der Waals surface area contributed by atoms with E-state index in [9.17, 15) is 0 Å². The average Bonchev–Trinajstić information content (AvgIpc) is 2.49. The van der Waals surface area contributed by atoms with Crippen molar-refractivity contribution < 1.29 is 4.74 Å². The standard InChI is InChI=1S/C11H12N2OS/c1-7-3-8(2)5-9(4-7)14-11-13-6-10(12)15-11/h3-6H,12H2,1-2H3. The summed E-state index contributed by atoms with van der Waals surface area (Å²) in [7, 11) is 0. The lowest BCUT2D eigenvalue weighted by Gasteiger charge is -2.04. The lowest BCUT2D eigenvalue weighted by Crippen LogP contribution is -1.85. The Morgan fingerprint density at radius 2 is 1.87 bits per heavy atom. The number of hydrogen-bond donors (Lipinski definition) is 1. The van der Waals surface area contributed by atoms with Crippen LogP contribution in [0.5, 0.6) is 10.9 Å². The van der Waals surface area contributed by atoms with E-state index in [1.165, 1.54) is 22.5 Å². The van der Waals surface area contributed by atoms with Gasteiger partial charge in [0.15, 0.2) is 0 Å². The third kappa shape index (κ3) is 2.47. The minimum atomic E-state index is 0.581. The molecule has 0 fully saturated rings. The van der Waals surface area contributed by atoms with E-state index in [0.717, 1.165) is 5.75 Å². The van der Waals surface area contributed by atoms with Gasteiger partial charge in [0.2, 0.25) is 0 Å². The molecule has 2 N–H and O–H groups in total. The van der Waals surface area contributed by atoms with Crippen LogP contribution in [0.25, 0.3) is 0 Å². The number of aryl methyl sites for hydroxylation is 2. The summed E-state index contributed by atoms with van der Waals surface area (Å²) in [4.78, 5) is 4.04. The summed E-state index contributed by atoms with van der Waals surface area (Å²) in [5.41, 5.74) is 7.92. The van der Waals surface area contributed by atoms with Crippen molar-refractivity contribution in [2.75, 3.05) is 5.73 Å². The molecule has 1 heterocycles. The molecule has 4 heteroatoms. The van der Waals surface area contributed by atoms with Gasteiger partial charge in [0.1, 0.15) is 10.8 Å². The molecule has 3 nitrogen and oxygen atoms in total. The Labute approximate surface area is 92.5 Å². The fourth-order valence-electron chi connectivity index (χ4n) is 1.41. The summed E-state index contributed by atoms with van der Waals surface area (Å²) in [5.74, 6) is 0.807. The van der Waals surface area contributed by atoms with Crippen molar-refractivity contribution in [2.24, 2.45) is 0 Å². The molecule has 0 unspecified atom stereocenters. The highest BCUT2D eigenvalue weighted by atomic mass is 32.1. The van der Waals surface area contributed by atoms with E-state index in [2.05, 4.69) is 11.1 Å². The van der Waals surface area contributed by atoms with Crippen LogP contribution in [0.4, 0.5) is 5.00 Å². The molecule has 0 aliphatic carbocycles. The Kier molecular flexibility index (Phi) is 2.60. The number of anilines is 1. The predicted molar refractivity (Wildman–Crippen MR) is 62.5 cm³/mol. The van der Waals surface area contributed by atoms with Gasteiger partial charge in [-0.05, 0) is 37.1 Å². The van der Waals surface area contributed by atoms with Crippen molar-refractivity contribution in [3.05, 3.63) is 35.5 Å². The van der Waals surface area contributed by atoms with Gasteiger partial charge in [0.05, 0.1) is 6.20 Å². The van der Waals surface area contributed by atoms with Crippen LogP contribution in [0.3, 0.4) is 0 Å². The van der Waals surface area contributed by atoms with Gasteiger partial charge in [0, 0.05) is 0 Å². The lowest BCUT2D eigenvalue weighted by molar-refractivity contribution is 0.478. The molecule has 0 spiro atoms. The van der Waals surface area contributed by atoms with Crippen LogP contribution < -0.4 is 10.5 Å². The van der Waals surface area contributed by atoms with Gasteiger partial charge in [0.25, 0.3) is 5.19 Å². The maximum Gasteiger partial charge on any atom is 0.280 e. The number of ether oxygens (including phenoxy) is 1. The molecule has 0 radical (unpaired) electrons. The van der Waals surface area contributed by atoms with E-state index < -0.39 is 0 Å². The molecule has 0 saturated carbocycles. The Bertz CT molecular complexity index is 459. The number of thiazole rings is 1. The number of aromatic nitrogens is 1. The minimum Gasteiger partial charge on any atom is -0.431 e. The number of nitrogens with zero attached hydrogens (tertiary/aromatic N) is 1. The van der Waals surface area contributed by atoms with E-state index in [1.807, 2.05) is 26.0 Å². The zero-order valence-corrected chi connectivity index (χ0v) is 9.47. The Balaban J connectivity index is 2.24. The highest BCUT2D eigenvalue weighted by Gasteiger charge is 2.02.